The Bertz CT molecular complexity index is 132. The van der Waals surface area contributed by atoms with Crippen molar-refractivity contribution in [2.45, 2.75) is 45.1 Å². The zero-order chi connectivity index (χ0) is 8.27. The third-order valence-electron chi connectivity index (χ3n) is 2.55. The first-order chi connectivity index (χ1) is 5.24. The van der Waals surface area contributed by atoms with E-state index in [0.29, 0.717) is 24.5 Å². The van der Waals surface area contributed by atoms with Crippen molar-refractivity contribution < 1.29 is 9.90 Å². The van der Waals surface area contributed by atoms with Crippen LogP contribution in [0.5, 0.6) is 0 Å². The van der Waals surface area contributed by atoms with Gasteiger partial charge in [0.05, 0.1) is 6.10 Å². The van der Waals surface area contributed by atoms with Crippen molar-refractivity contribution >= 4 is 5.78 Å². The summed E-state index contributed by atoms with van der Waals surface area (Å²) in [6.45, 7) is 1.99. The maximum absolute atomic E-state index is 10.8. The molecule has 0 aliphatic heterocycles. The van der Waals surface area contributed by atoms with Crippen LogP contribution in [0.25, 0.3) is 0 Å². The fourth-order valence-corrected chi connectivity index (χ4v) is 1.68. The van der Waals surface area contributed by atoms with Gasteiger partial charge in [-0.3, -0.25) is 4.79 Å². The van der Waals surface area contributed by atoms with Crippen LogP contribution >= 0.6 is 0 Å². The minimum absolute atomic E-state index is 0.178. The monoisotopic (exact) mass is 156 g/mol. The van der Waals surface area contributed by atoms with Crippen LogP contribution in [-0.4, -0.2) is 17.0 Å². The lowest BCUT2D eigenvalue weighted by Gasteiger charge is -2.24. The van der Waals surface area contributed by atoms with E-state index in [1.165, 1.54) is 0 Å². The van der Waals surface area contributed by atoms with Gasteiger partial charge in [-0.25, -0.2) is 0 Å². The van der Waals surface area contributed by atoms with Crippen LogP contribution in [-0.2, 0) is 4.79 Å². The van der Waals surface area contributed by atoms with E-state index in [2.05, 4.69) is 0 Å². The molecular weight excluding hydrogens is 140 g/mol. The third kappa shape index (κ3) is 2.29. The van der Waals surface area contributed by atoms with Crippen LogP contribution in [0.2, 0.25) is 0 Å². The van der Waals surface area contributed by atoms with E-state index >= 15 is 0 Å². The van der Waals surface area contributed by atoms with E-state index in [4.69, 9.17) is 0 Å². The molecule has 2 nitrogen and oxygen atoms in total. The Morgan fingerprint density at radius 3 is 2.55 bits per heavy atom. The normalized spacial score (nSPS) is 23.6. The Balaban J connectivity index is 2.32. The molecule has 1 rings (SSSR count). The predicted molar refractivity (Wildman–Crippen MR) is 43.3 cm³/mol. The Morgan fingerprint density at radius 2 is 2.09 bits per heavy atom. The molecule has 1 aliphatic carbocycles. The summed E-state index contributed by atoms with van der Waals surface area (Å²) >= 11 is 0. The molecule has 1 fully saturated rings. The largest absolute Gasteiger partial charge is 0.393 e. The van der Waals surface area contributed by atoms with E-state index < -0.39 is 0 Å². The van der Waals surface area contributed by atoms with Gasteiger partial charge in [-0.1, -0.05) is 6.92 Å². The van der Waals surface area contributed by atoms with Crippen LogP contribution in [0.3, 0.4) is 0 Å². The molecule has 1 N–H and O–H groups in total. The van der Waals surface area contributed by atoms with Crippen molar-refractivity contribution in [3.05, 3.63) is 0 Å². The molecule has 0 radical (unpaired) electrons. The number of carbonyl (C=O) groups is 1. The summed E-state index contributed by atoms with van der Waals surface area (Å²) in [6, 6.07) is 0. The smallest absolute Gasteiger partial charge is 0.132 e. The van der Waals surface area contributed by atoms with Gasteiger partial charge in [0.15, 0.2) is 0 Å². The molecule has 2 heteroatoms. The highest BCUT2D eigenvalue weighted by Gasteiger charge is 2.23. The first-order valence-corrected chi connectivity index (χ1v) is 4.43. The van der Waals surface area contributed by atoms with Crippen molar-refractivity contribution in [3.8, 4) is 0 Å². The molecule has 0 saturated heterocycles. The summed E-state index contributed by atoms with van der Waals surface area (Å²) in [4.78, 5) is 10.8. The number of carbonyl (C=O) groups excluding carboxylic acids is 1. The van der Waals surface area contributed by atoms with Gasteiger partial charge in [0.1, 0.15) is 5.78 Å². The fraction of sp³-hybridized carbons (Fsp3) is 0.889. The number of aliphatic hydroxyl groups excluding tert-OH is 1. The molecule has 0 bridgehead atoms. The Hall–Kier alpha value is -0.370. The molecule has 1 aliphatic rings. The van der Waals surface area contributed by atoms with E-state index in [0.717, 1.165) is 19.3 Å². The second kappa shape index (κ2) is 3.86. The van der Waals surface area contributed by atoms with Gasteiger partial charge in [-0.05, 0) is 25.2 Å². The zero-order valence-corrected chi connectivity index (χ0v) is 7.05. The quantitative estimate of drug-likeness (QED) is 0.658. The molecule has 64 valence electrons. The highest BCUT2D eigenvalue weighted by Crippen LogP contribution is 2.25. The minimum atomic E-state index is -0.178. The predicted octanol–water partition coefficient (Wildman–Crippen LogP) is 1.52. The number of aliphatic hydroxyl groups is 1. The first-order valence-electron chi connectivity index (χ1n) is 4.43. The van der Waals surface area contributed by atoms with Gasteiger partial charge >= 0.3 is 0 Å². The SMILES string of the molecule is CC[C@@H](O)C1CCC(=O)CC1. The topological polar surface area (TPSA) is 37.3 Å². The molecule has 0 spiro atoms. The highest BCUT2D eigenvalue weighted by atomic mass is 16.3. The highest BCUT2D eigenvalue weighted by molar-refractivity contribution is 5.79. The standard InChI is InChI=1S/C9H16O2/c1-2-9(11)7-3-5-8(10)6-4-7/h7,9,11H,2-6H2,1H3/t9-/m1/s1. The summed E-state index contributed by atoms with van der Waals surface area (Å²) in [7, 11) is 0. The average molecular weight is 156 g/mol. The van der Waals surface area contributed by atoms with Gasteiger partial charge in [0, 0.05) is 12.8 Å². The van der Waals surface area contributed by atoms with E-state index in [9.17, 15) is 9.90 Å². The molecule has 0 aromatic carbocycles. The van der Waals surface area contributed by atoms with Crippen LogP contribution in [0.4, 0.5) is 0 Å². The summed E-state index contributed by atoms with van der Waals surface area (Å²) in [5.41, 5.74) is 0. The summed E-state index contributed by atoms with van der Waals surface area (Å²) < 4.78 is 0. The molecule has 0 unspecified atom stereocenters. The van der Waals surface area contributed by atoms with Crippen molar-refractivity contribution in [1.82, 2.24) is 0 Å². The molecular formula is C9H16O2. The molecule has 1 saturated carbocycles. The molecule has 1 atom stereocenters. The van der Waals surface area contributed by atoms with Gasteiger partial charge in [0.25, 0.3) is 0 Å². The average Bonchev–Trinajstić information content (AvgIpc) is 2.05. The fourth-order valence-electron chi connectivity index (χ4n) is 1.68. The molecule has 0 aromatic heterocycles. The lowest BCUT2D eigenvalue weighted by molar-refractivity contribution is -0.121. The summed E-state index contributed by atoms with van der Waals surface area (Å²) in [5, 5.41) is 9.46. The van der Waals surface area contributed by atoms with Crippen LogP contribution in [0.15, 0.2) is 0 Å². The number of rotatable bonds is 2. The maximum atomic E-state index is 10.8. The van der Waals surface area contributed by atoms with Gasteiger partial charge in [-0.2, -0.15) is 0 Å². The third-order valence-corrected chi connectivity index (χ3v) is 2.55. The number of ketones is 1. The van der Waals surface area contributed by atoms with Gasteiger partial charge < -0.3 is 5.11 Å². The zero-order valence-electron chi connectivity index (χ0n) is 7.05. The number of hydrogen-bond acceptors (Lipinski definition) is 2. The lowest BCUT2D eigenvalue weighted by Crippen LogP contribution is -2.24. The van der Waals surface area contributed by atoms with Crippen LogP contribution in [0, 0.1) is 5.92 Å². The first kappa shape index (κ1) is 8.72. The van der Waals surface area contributed by atoms with Crippen molar-refractivity contribution in [2.75, 3.05) is 0 Å². The van der Waals surface area contributed by atoms with Gasteiger partial charge in [-0.15, -0.1) is 0 Å². The van der Waals surface area contributed by atoms with E-state index in [1.807, 2.05) is 6.92 Å². The molecule has 0 amide bonds. The Morgan fingerprint density at radius 1 is 1.55 bits per heavy atom. The van der Waals surface area contributed by atoms with Crippen LogP contribution in [0.1, 0.15) is 39.0 Å². The Kier molecular flexibility index (Phi) is 3.06. The maximum Gasteiger partial charge on any atom is 0.132 e. The number of Topliss-reactive ketones (excluding diaryl/α,β-unsaturated/α-hetero) is 1. The van der Waals surface area contributed by atoms with E-state index in [-0.39, 0.29) is 6.10 Å². The molecule has 0 aromatic rings. The van der Waals surface area contributed by atoms with Gasteiger partial charge in [0.2, 0.25) is 0 Å². The van der Waals surface area contributed by atoms with E-state index in [1.54, 1.807) is 0 Å². The lowest BCUT2D eigenvalue weighted by atomic mass is 9.84. The van der Waals surface area contributed by atoms with Crippen molar-refractivity contribution in [1.29, 1.82) is 0 Å². The van der Waals surface area contributed by atoms with Crippen LogP contribution < -0.4 is 0 Å². The second-order valence-electron chi connectivity index (χ2n) is 3.35. The summed E-state index contributed by atoms with van der Waals surface area (Å²) in [6.07, 6.45) is 3.80. The molecule has 11 heavy (non-hydrogen) atoms. The molecule has 0 heterocycles. The Labute approximate surface area is 67.6 Å². The van der Waals surface area contributed by atoms with Crippen molar-refractivity contribution in [2.24, 2.45) is 5.92 Å². The second-order valence-corrected chi connectivity index (χ2v) is 3.35. The summed E-state index contributed by atoms with van der Waals surface area (Å²) in [5.74, 6) is 0.752. The van der Waals surface area contributed by atoms with Crippen molar-refractivity contribution in [3.63, 3.8) is 0 Å². The number of hydrogen-bond donors (Lipinski definition) is 1. The minimum Gasteiger partial charge on any atom is -0.393 e.